The predicted octanol–water partition coefficient (Wildman–Crippen LogP) is 5.54. The number of nitrogens with zero attached hydrogens (tertiary/aromatic N) is 1. The third kappa shape index (κ3) is 2.37. The molecule has 0 bridgehead atoms. The van der Waals surface area contributed by atoms with E-state index in [1.165, 1.54) is 33.3 Å². The summed E-state index contributed by atoms with van der Waals surface area (Å²) >= 11 is 0. The number of rotatable bonds is 2. The molecule has 1 aromatic heterocycles. The van der Waals surface area contributed by atoms with E-state index in [9.17, 15) is 0 Å². The zero-order chi connectivity index (χ0) is 18.5. The van der Waals surface area contributed by atoms with Crippen LogP contribution in [0.15, 0.2) is 84.9 Å². The van der Waals surface area contributed by atoms with Crippen molar-refractivity contribution < 1.29 is 4.74 Å². The molecule has 2 aliphatic rings. The van der Waals surface area contributed by atoms with E-state index in [4.69, 9.17) is 4.74 Å². The highest BCUT2D eigenvalue weighted by Gasteiger charge is 2.47. The Kier molecular flexibility index (Phi) is 3.64. The molecule has 6 rings (SSSR count). The first-order chi connectivity index (χ1) is 13.9. The van der Waals surface area contributed by atoms with Crippen molar-refractivity contribution in [2.45, 2.75) is 24.8 Å². The monoisotopic (exact) mass is 366 g/mol. The summed E-state index contributed by atoms with van der Waals surface area (Å²) in [4.78, 5) is 6.20. The van der Waals surface area contributed by atoms with Crippen LogP contribution < -0.4 is 0 Å². The summed E-state index contributed by atoms with van der Waals surface area (Å²) < 4.78 is 6.77. The number of fused-ring (bicyclic) bond motifs is 5. The van der Waals surface area contributed by atoms with Crippen molar-refractivity contribution in [1.29, 1.82) is 0 Å². The first-order valence-corrected chi connectivity index (χ1v) is 10.0. The van der Waals surface area contributed by atoms with Crippen LogP contribution in [0.2, 0.25) is 0 Å². The van der Waals surface area contributed by atoms with Crippen molar-refractivity contribution >= 4 is 10.9 Å². The normalized spacial score (nSPS) is 24.2. The van der Waals surface area contributed by atoms with E-state index in [0.29, 0.717) is 0 Å². The second-order valence-corrected chi connectivity index (χ2v) is 7.73. The minimum atomic E-state index is -0.0356. The minimum Gasteiger partial charge on any atom is -0.355 e. The molecule has 0 unspecified atom stereocenters. The molecule has 3 heteroatoms. The maximum Gasteiger partial charge on any atom is 0.153 e. The van der Waals surface area contributed by atoms with Crippen molar-refractivity contribution in [3.05, 3.63) is 107 Å². The first kappa shape index (κ1) is 16.1. The molecule has 4 aromatic rings. The topological polar surface area (TPSA) is 28.3 Å². The molecule has 3 nitrogen and oxygen atoms in total. The van der Waals surface area contributed by atoms with Crippen LogP contribution in [0.3, 0.4) is 0 Å². The second-order valence-electron chi connectivity index (χ2n) is 7.73. The van der Waals surface area contributed by atoms with Gasteiger partial charge in [0.15, 0.2) is 6.23 Å². The Morgan fingerprint density at radius 2 is 1.46 bits per heavy atom. The number of benzene rings is 3. The van der Waals surface area contributed by atoms with Gasteiger partial charge >= 0.3 is 0 Å². The predicted molar refractivity (Wildman–Crippen MR) is 111 cm³/mol. The summed E-state index contributed by atoms with van der Waals surface area (Å²) in [5.41, 5.74) is 6.41. The van der Waals surface area contributed by atoms with Crippen molar-refractivity contribution in [3.63, 3.8) is 0 Å². The van der Waals surface area contributed by atoms with Crippen molar-refractivity contribution in [3.8, 4) is 0 Å². The third-order valence-corrected chi connectivity index (χ3v) is 6.20. The van der Waals surface area contributed by atoms with Crippen LogP contribution in [0.5, 0.6) is 0 Å². The standard InChI is InChI=1S/C25H22N2O/c1-3-9-17(10-4-1)23-24(18-11-5-2-6-12-18)28-25-22-20(15-16-27(23)25)19-13-7-8-14-21(19)26-22/h1-14,23-26H,15-16H2/t23-,24-,25+/m1/s1. The second kappa shape index (κ2) is 6.33. The van der Waals surface area contributed by atoms with Gasteiger partial charge in [-0.3, -0.25) is 4.90 Å². The van der Waals surface area contributed by atoms with Gasteiger partial charge in [0.2, 0.25) is 0 Å². The average Bonchev–Trinajstić information content (AvgIpc) is 3.33. The van der Waals surface area contributed by atoms with Crippen molar-refractivity contribution in [2.24, 2.45) is 0 Å². The highest BCUT2D eigenvalue weighted by Crippen LogP contribution is 2.52. The SMILES string of the molecule is c1ccc([C@H]2O[C@H]3c4[nH]c5ccccc5c4CCN3[C@@H]2c2ccccc2)cc1. The average molecular weight is 366 g/mol. The number of aromatic amines is 1. The third-order valence-electron chi connectivity index (χ3n) is 6.20. The van der Waals surface area contributed by atoms with Gasteiger partial charge in [-0.1, -0.05) is 78.9 Å². The summed E-state index contributed by atoms with van der Waals surface area (Å²) in [6.07, 6.45) is 1.03. The van der Waals surface area contributed by atoms with Crippen LogP contribution in [0.4, 0.5) is 0 Å². The molecule has 3 aromatic carbocycles. The lowest BCUT2D eigenvalue weighted by Gasteiger charge is -2.32. The van der Waals surface area contributed by atoms with Crippen molar-refractivity contribution in [1.82, 2.24) is 9.88 Å². The number of hydrogen-bond donors (Lipinski definition) is 1. The Morgan fingerprint density at radius 1 is 0.786 bits per heavy atom. The Bertz CT molecular complexity index is 1120. The van der Waals surface area contributed by atoms with E-state index in [-0.39, 0.29) is 18.4 Å². The van der Waals surface area contributed by atoms with E-state index in [0.717, 1.165) is 13.0 Å². The van der Waals surface area contributed by atoms with Crippen LogP contribution in [-0.2, 0) is 11.2 Å². The van der Waals surface area contributed by atoms with Crippen LogP contribution in [0.25, 0.3) is 10.9 Å². The van der Waals surface area contributed by atoms with Gasteiger partial charge in [0.1, 0.15) is 6.10 Å². The summed E-state index contributed by atoms with van der Waals surface area (Å²) in [5, 5.41) is 1.33. The maximum atomic E-state index is 6.77. The molecule has 138 valence electrons. The molecule has 1 saturated heterocycles. The number of hydrogen-bond acceptors (Lipinski definition) is 2. The molecule has 0 saturated carbocycles. The van der Waals surface area contributed by atoms with E-state index >= 15 is 0 Å². The fraction of sp³-hybridized carbons (Fsp3) is 0.200. The van der Waals surface area contributed by atoms with Gasteiger partial charge in [-0.2, -0.15) is 0 Å². The molecule has 3 heterocycles. The van der Waals surface area contributed by atoms with E-state index in [1.807, 2.05) is 0 Å². The van der Waals surface area contributed by atoms with E-state index in [1.54, 1.807) is 0 Å². The van der Waals surface area contributed by atoms with Crippen LogP contribution in [0, 0.1) is 0 Å². The fourth-order valence-electron chi connectivity index (χ4n) is 4.96. The number of H-pyrrole nitrogens is 1. The number of para-hydroxylation sites is 1. The number of ether oxygens (including phenoxy) is 1. The highest BCUT2D eigenvalue weighted by atomic mass is 16.5. The highest BCUT2D eigenvalue weighted by molar-refractivity contribution is 5.85. The number of nitrogens with one attached hydrogen (secondary N) is 1. The lowest BCUT2D eigenvalue weighted by Crippen LogP contribution is -2.33. The zero-order valence-corrected chi connectivity index (χ0v) is 15.6. The van der Waals surface area contributed by atoms with Gasteiger partial charge in [0.25, 0.3) is 0 Å². The lowest BCUT2D eigenvalue weighted by molar-refractivity contribution is -0.0102. The van der Waals surface area contributed by atoms with E-state index < -0.39 is 0 Å². The lowest BCUT2D eigenvalue weighted by atomic mass is 9.94. The molecule has 3 atom stereocenters. The molecule has 1 fully saturated rings. The smallest absolute Gasteiger partial charge is 0.153 e. The molecule has 1 N–H and O–H groups in total. The summed E-state index contributed by atoms with van der Waals surface area (Å²) in [6, 6.07) is 30.3. The first-order valence-electron chi connectivity index (χ1n) is 10.0. The molecular weight excluding hydrogens is 344 g/mol. The molecule has 0 spiro atoms. The van der Waals surface area contributed by atoms with Gasteiger partial charge < -0.3 is 9.72 Å². The largest absolute Gasteiger partial charge is 0.355 e. The maximum absolute atomic E-state index is 6.77. The fourth-order valence-corrected chi connectivity index (χ4v) is 4.96. The van der Waals surface area contributed by atoms with Gasteiger partial charge in [0, 0.05) is 17.4 Å². The summed E-state index contributed by atoms with van der Waals surface area (Å²) in [7, 11) is 0. The summed E-state index contributed by atoms with van der Waals surface area (Å²) in [6.45, 7) is 1.00. The Labute approximate surface area is 164 Å². The Hall–Kier alpha value is -2.88. The quantitative estimate of drug-likeness (QED) is 0.505. The Balaban J connectivity index is 1.49. The van der Waals surface area contributed by atoms with E-state index in [2.05, 4.69) is 94.8 Å². The molecular formula is C25H22N2O. The molecule has 0 radical (unpaired) electrons. The van der Waals surface area contributed by atoms with Gasteiger partial charge in [-0.25, -0.2) is 0 Å². The van der Waals surface area contributed by atoms with Gasteiger partial charge in [-0.05, 0) is 29.2 Å². The minimum absolute atomic E-state index is 0.0194. The number of aromatic nitrogens is 1. The molecule has 0 aliphatic carbocycles. The van der Waals surface area contributed by atoms with Crippen molar-refractivity contribution in [2.75, 3.05) is 6.54 Å². The molecule has 28 heavy (non-hydrogen) atoms. The van der Waals surface area contributed by atoms with Crippen LogP contribution in [-0.4, -0.2) is 16.4 Å². The van der Waals surface area contributed by atoms with Gasteiger partial charge in [-0.15, -0.1) is 0 Å². The molecule has 0 amide bonds. The Morgan fingerprint density at radius 3 is 2.25 bits per heavy atom. The zero-order valence-electron chi connectivity index (χ0n) is 15.6. The van der Waals surface area contributed by atoms with Gasteiger partial charge in [0.05, 0.1) is 11.7 Å². The summed E-state index contributed by atoms with van der Waals surface area (Å²) in [5.74, 6) is 0. The van der Waals surface area contributed by atoms with Crippen LogP contribution in [0.1, 0.15) is 40.8 Å². The molecule has 2 aliphatic heterocycles. The van der Waals surface area contributed by atoms with Crippen LogP contribution >= 0.6 is 0 Å².